The number of hydrogen-bond donors (Lipinski definition) is 1. The van der Waals surface area contributed by atoms with Crippen molar-refractivity contribution in [2.45, 2.75) is 6.61 Å². The first-order valence-electron chi connectivity index (χ1n) is 10.8. The molecule has 0 radical (unpaired) electrons. The van der Waals surface area contributed by atoms with E-state index in [9.17, 15) is 4.79 Å². The molecule has 6 nitrogen and oxygen atoms in total. The third kappa shape index (κ3) is 7.24. The van der Waals surface area contributed by atoms with E-state index in [0.717, 1.165) is 22.6 Å². The predicted octanol–water partition coefficient (Wildman–Crippen LogP) is 5.59. The van der Waals surface area contributed by atoms with E-state index in [1.165, 1.54) is 0 Å². The van der Waals surface area contributed by atoms with E-state index in [1.807, 2.05) is 84.9 Å². The fourth-order valence-electron chi connectivity index (χ4n) is 3.02. The van der Waals surface area contributed by atoms with Gasteiger partial charge in [0.15, 0.2) is 6.61 Å². The van der Waals surface area contributed by atoms with Crippen LogP contribution < -0.4 is 19.6 Å². The Morgan fingerprint density at radius 1 is 0.706 bits per heavy atom. The van der Waals surface area contributed by atoms with Crippen molar-refractivity contribution in [3.63, 3.8) is 0 Å². The van der Waals surface area contributed by atoms with Gasteiger partial charge in [0.25, 0.3) is 5.91 Å². The summed E-state index contributed by atoms with van der Waals surface area (Å²) in [6.45, 7) is 0.335. The SMILES string of the molecule is O=C(COc1ccc(OCc2ccccc2)cc1)N/N=C/c1cccc(Oc2ccccc2)c1. The van der Waals surface area contributed by atoms with Crippen molar-refractivity contribution in [3.8, 4) is 23.0 Å². The molecule has 0 bridgehead atoms. The third-order valence-corrected chi connectivity index (χ3v) is 4.68. The van der Waals surface area contributed by atoms with Crippen LogP contribution in [0, 0.1) is 0 Å². The highest BCUT2D eigenvalue weighted by Crippen LogP contribution is 2.21. The molecule has 170 valence electrons. The quantitative estimate of drug-likeness (QED) is 0.252. The molecule has 0 fully saturated rings. The largest absolute Gasteiger partial charge is 0.489 e. The number of rotatable bonds is 10. The number of benzene rings is 4. The molecule has 0 aliphatic heterocycles. The number of para-hydroxylation sites is 1. The first-order chi connectivity index (χ1) is 16.7. The van der Waals surface area contributed by atoms with Crippen LogP contribution in [0.5, 0.6) is 23.0 Å². The fraction of sp³-hybridized carbons (Fsp3) is 0.0714. The molecule has 0 saturated heterocycles. The number of hydrogen-bond acceptors (Lipinski definition) is 5. The van der Waals surface area contributed by atoms with Gasteiger partial charge in [-0.2, -0.15) is 5.10 Å². The number of ether oxygens (including phenoxy) is 3. The second kappa shape index (κ2) is 11.9. The zero-order valence-corrected chi connectivity index (χ0v) is 18.5. The molecule has 0 spiro atoms. The minimum Gasteiger partial charge on any atom is -0.489 e. The maximum atomic E-state index is 12.0. The second-order valence-electron chi connectivity index (χ2n) is 7.32. The lowest BCUT2D eigenvalue weighted by atomic mass is 10.2. The Bertz CT molecular complexity index is 1210. The van der Waals surface area contributed by atoms with E-state index >= 15 is 0 Å². The predicted molar refractivity (Wildman–Crippen MR) is 131 cm³/mol. The van der Waals surface area contributed by atoms with Crippen molar-refractivity contribution in [3.05, 3.63) is 120 Å². The van der Waals surface area contributed by atoms with Crippen molar-refractivity contribution in [2.24, 2.45) is 5.10 Å². The Morgan fingerprint density at radius 2 is 1.35 bits per heavy atom. The smallest absolute Gasteiger partial charge is 0.277 e. The van der Waals surface area contributed by atoms with E-state index in [2.05, 4.69) is 10.5 Å². The van der Waals surface area contributed by atoms with E-state index < -0.39 is 0 Å². The average molecular weight is 453 g/mol. The molecule has 4 aromatic carbocycles. The summed E-state index contributed by atoms with van der Waals surface area (Å²) in [5.41, 5.74) is 4.35. The monoisotopic (exact) mass is 452 g/mol. The normalized spacial score (nSPS) is 10.6. The number of carbonyl (C=O) groups is 1. The summed E-state index contributed by atoms with van der Waals surface area (Å²) in [5, 5.41) is 3.99. The number of nitrogens with zero attached hydrogens (tertiary/aromatic N) is 1. The molecule has 34 heavy (non-hydrogen) atoms. The molecule has 1 N–H and O–H groups in total. The molecule has 1 amide bonds. The molecule has 0 aromatic heterocycles. The Morgan fingerprint density at radius 3 is 2.09 bits per heavy atom. The zero-order chi connectivity index (χ0) is 23.4. The van der Waals surface area contributed by atoms with Gasteiger partial charge in [0.05, 0.1) is 6.21 Å². The Kier molecular flexibility index (Phi) is 7.90. The van der Waals surface area contributed by atoms with E-state index in [1.54, 1.807) is 30.5 Å². The Labute approximate surface area is 198 Å². The number of nitrogens with one attached hydrogen (secondary N) is 1. The summed E-state index contributed by atoms with van der Waals surface area (Å²) >= 11 is 0. The van der Waals surface area contributed by atoms with Crippen LogP contribution >= 0.6 is 0 Å². The number of hydrazone groups is 1. The van der Waals surface area contributed by atoms with Gasteiger partial charge < -0.3 is 14.2 Å². The van der Waals surface area contributed by atoms with Crippen LogP contribution in [0.1, 0.15) is 11.1 Å². The molecule has 0 saturated carbocycles. The number of carbonyl (C=O) groups excluding carboxylic acids is 1. The summed E-state index contributed by atoms with van der Waals surface area (Å²) in [6.07, 6.45) is 1.55. The molecular weight excluding hydrogens is 428 g/mol. The Balaban J connectivity index is 1.20. The van der Waals surface area contributed by atoms with Crippen molar-refractivity contribution < 1.29 is 19.0 Å². The fourth-order valence-corrected chi connectivity index (χ4v) is 3.02. The van der Waals surface area contributed by atoms with Crippen molar-refractivity contribution >= 4 is 12.1 Å². The van der Waals surface area contributed by atoms with Crippen LogP contribution in [0.25, 0.3) is 0 Å². The highest BCUT2D eigenvalue weighted by Gasteiger charge is 2.03. The molecule has 0 atom stereocenters. The molecule has 4 rings (SSSR count). The van der Waals surface area contributed by atoms with Gasteiger partial charge in [0.1, 0.15) is 29.6 Å². The first kappa shape index (κ1) is 22.6. The summed E-state index contributed by atoms with van der Waals surface area (Å²) in [7, 11) is 0. The lowest BCUT2D eigenvalue weighted by molar-refractivity contribution is -0.123. The molecule has 0 aliphatic carbocycles. The van der Waals surface area contributed by atoms with Gasteiger partial charge in [0.2, 0.25) is 0 Å². The second-order valence-corrected chi connectivity index (χ2v) is 7.32. The van der Waals surface area contributed by atoms with Crippen LogP contribution in [-0.4, -0.2) is 18.7 Å². The van der Waals surface area contributed by atoms with Crippen molar-refractivity contribution in [1.82, 2.24) is 5.43 Å². The van der Waals surface area contributed by atoms with Crippen LogP contribution in [0.15, 0.2) is 114 Å². The van der Waals surface area contributed by atoms with Crippen molar-refractivity contribution in [2.75, 3.05) is 6.61 Å². The lowest BCUT2D eigenvalue weighted by Crippen LogP contribution is -2.24. The van der Waals surface area contributed by atoms with Gasteiger partial charge >= 0.3 is 0 Å². The van der Waals surface area contributed by atoms with Crippen LogP contribution in [0.4, 0.5) is 0 Å². The molecule has 0 unspecified atom stereocenters. The summed E-state index contributed by atoms with van der Waals surface area (Å²) in [4.78, 5) is 12.0. The van der Waals surface area contributed by atoms with Gasteiger partial charge in [-0.25, -0.2) is 5.43 Å². The molecule has 6 heteroatoms. The van der Waals surface area contributed by atoms with Gasteiger partial charge in [-0.15, -0.1) is 0 Å². The van der Waals surface area contributed by atoms with Gasteiger partial charge in [-0.05, 0) is 59.7 Å². The van der Waals surface area contributed by atoms with Crippen molar-refractivity contribution in [1.29, 1.82) is 0 Å². The highest BCUT2D eigenvalue weighted by molar-refractivity contribution is 5.83. The van der Waals surface area contributed by atoms with E-state index in [4.69, 9.17) is 14.2 Å². The minimum absolute atomic E-state index is 0.154. The van der Waals surface area contributed by atoms with Gasteiger partial charge in [0, 0.05) is 0 Å². The van der Waals surface area contributed by atoms with E-state index in [0.29, 0.717) is 18.1 Å². The summed E-state index contributed by atoms with van der Waals surface area (Å²) in [5.74, 6) is 2.36. The highest BCUT2D eigenvalue weighted by atomic mass is 16.5. The maximum absolute atomic E-state index is 12.0. The third-order valence-electron chi connectivity index (χ3n) is 4.68. The van der Waals surface area contributed by atoms with Gasteiger partial charge in [-0.1, -0.05) is 60.7 Å². The standard InChI is InChI=1S/C28H24N2O4/c31-28(21-33-25-16-14-24(15-17-25)32-20-22-8-3-1-4-9-22)30-29-19-23-10-7-13-27(18-23)34-26-11-5-2-6-12-26/h1-19H,20-21H2,(H,30,31)/b29-19+. The van der Waals surface area contributed by atoms with Gasteiger partial charge in [-0.3, -0.25) is 4.79 Å². The van der Waals surface area contributed by atoms with Crippen LogP contribution in [-0.2, 0) is 11.4 Å². The zero-order valence-electron chi connectivity index (χ0n) is 18.5. The molecule has 0 aliphatic rings. The topological polar surface area (TPSA) is 69.2 Å². The maximum Gasteiger partial charge on any atom is 0.277 e. The Hall–Kier alpha value is -4.58. The first-order valence-corrected chi connectivity index (χ1v) is 10.8. The molecule has 0 heterocycles. The summed E-state index contributed by atoms with van der Waals surface area (Å²) < 4.78 is 17.1. The lowest BCUT2D eigenvalue weighted by Gasteiger charge is -2.08. The minimum atomic E-state index is -0.364. The van der Waals surface area contributed by atoms with Crippen LogP contribution in [0.3, 0.4) is 0 Å². The number of amides is 1. The molecular formula is C28H24N2O4. The summed E-state index contributed by atoms with van der Waals surface area (Å²) in [6, 6.07) is 34.0. The molecule has 4 aromatic rings. The average Bonchev–Trinajstić information content (AvgIpc) is 2.88. The van der Waals surface area contributed by atoms with E-state index in [-0.39, 0.29) is 12.5 Å². The van der Waals surface area contributed by atoms with Crippen LogP contribution in [0.2, 0.25) is 0 Å².